The minimum atomic E-state index is -0.797. The Balaban J connectivity index is 2.26. The van der Waals surface area contributed by atoms with E-state index in [0.29, 0.717) is 12.8 Å². The van der Waals surface area contributed by atoms with Crippen LogP contribution in [0.4, 0.5) is 5.69 Å². The first-order valence-electron chi connectivity index (χ1n) is 6.78. The largest absolute Gasteiger partial charge is 0.324 e. The molecule has 2 rings (SSSR count). The number of amides is 1. The lowest BCUT2D eigenvalue weighted by molar-refractivity contribution is -0.121. The number of anilines is 1. The number of hydrogen-bond donors (Lipinski definition) is 2. The molecule has 0 fully saturated rings. The lowest BCUT2D eigenvalue weighted by atomic mass is 9.93. The second kappa shape index (κ2) is 5.94. The standard InChI is InChI=1S/C16H19BrN2O/c1-3-16(18,4-2)15(20)19-14-8-6-11-9-13(17)7-5-12(11)10-14/h5-10H,3-4,18H2,1-2H3,(H,19,20). The van der Waals surface area contributed by atoms with Gasteiger partial charge in [-0.15, -0.1) is 0 Å². The van der Waals surface area contributed by atoms with Crippen LogP contribution >= 0.6 is 15.9 Å². The van der Waals surface area contributed by atoms with Crippen molar-refractivity contribution in [3.05, 3.63) is 40.9 Å². The van der Waals surface area contributed by atoms with E-state index in [2.05, 4.69) is 21.2 Å². The summed E-state index contributed by atoms with van der Waals surface area (Å²) in [6.07, 6.45) is 1.24. The van der Waals surface area contributed by atoms with Gasteiger partial charge in [-0.3, -0.25) is 4.79 Å². The lowest BCUT2D eigenvalue weighted by Gasteiger charge is -2.25. The van der Waals surface area contributed by atoms with Gasteiger partial charge in [-0.2, -0.15) is 0 Å². The SMILES string of the molecule is CCC(N)(CC)C(=O)Nc1ccc2cc(Br)ccc2c1. The Hall–Kier alpha value is -1.39. The zero-order valence-corrected chi connectivity index (χ0v) is 13.3. The molecule has 1 amide bonds. The summed E-state index contributed by atoms with van der Waals surface area (Å²) < 4.78 is 1.04. The smallest absolute Gasteiger partial charge is 0.244 e. The van der Waals surface area contributed by atoms with Crippen molar-refractivity contribution in [2.24, 2.45) is 5.73 Å². The van der Waals surface area contributed by atoms with Crippen LogP contribution in [0.25, 0.3) is 10.8 Å². The molecule has 0 saturated carbocycles. The maximum Gasteiger partial charge on any atom is 0.244 e. The van der Waals surface area contributed by atoms with E-state index in [1.54, 1.807) is 0 Å². The first kappa shape index (κ1) is 15.0. The lowest BCUT2D eigenvalue weighted by Crippen LogP contribution is -2.50. The highest BCUT2D eigenvalue weighted by Crippen LogP contribution is 2.24. The van der Waals surface area contributed by atoms with Crippen LogP contribution in [0.5, 0.6) is 0 Å². The normalized spacial score (nSPS) is 11.6. The highest BCUT2D eigenvalue weighted by molar-refractivity contribution is 9.10. The van der Waals surface area contributed by atoms with E-state index in [0.717, 1.165) is 20.9 Å². The van der Waals surface area contributed by atoms with Crippen LogP contribution in [-0.4, -0.2) is 11.4 Å². The maximum absolute atomic E-state index is 12.2. The molecule has 3 nitrogen and oxygen atoms in total. The molecular weight excluding hydrogens is 316 g/mol. The van der Waals surface area contributed by atoms with Gasteiger partial charge in [-0.25, -0.2) is 0 Å². The summed E-state index contributed by atoms with van der Waals surface area (Å²) >= 11 is 3.45. The van der Waals surface area contributed by atoms with Crippen molar-refractivity contribution in [2.75, 3.05) is 5.32 Å². The van der Waals surface area contributed by atoms with E-state index in [4.69, 9.17) is 5.73 Å². The summed E-state index contributed by atoms with van der Waals surface area (Å²) in [5.41, 5.74) is 6.08. The number of halogens is 1. The third-order valence-electron chi connectivity index (χ3n) is 3.77. The molecule has 0 atom stereocenters. The second-order valence-electron chi connectivity index (χ2n) is 5.02. The van der Waals surface area contributed by atoms with Crippen LogP contribution < -0.4 is 11.1 Å². The minimum Gasteiger partial charge on any atom is -0.324 e. The van der Waals surface area contributed by atoms with Crippen LogP contribution in [-0.2, 0) is 4.79 Å². The fourth-order valence-corrected chi connectivity index (χ4v) is 2.50. The Morgan fingerprint density at radius 3 is 2.40 bits per heavy atom. The highest BCUT2D eigenvalue weighted by Gasteiger charge is 2.29. The average Bonchev–Trinajstić information content (AvgIpc) is 2.46. The average molecular weight is 335 g/mol. The van der Waals surface area contributed by atoms with Gasteiger partial charge in [-0.1, -0.05) is 41.9 Å². The van der Waals surface area contributed by atoms with E-state index in [1.807, 2.05) is 50.2 Å². The second-order valence-corrected chi connectivity index (χ2v) is 5.94. The number of hydrogen-bond acceptors (Lipinski definition) is 2. The molecule has 0 spiro atoms. The predicted molar refractivity (Wildman–Crippen MR) is 87.8 cm³/mol. The fraction of sp³-hybridized carbons (Fsp3) is 0.312. The first-order valence-corrected chi connectivity index (χ1v) is 7.57. The van der Waals surface area contributed by atoms with Gasteiger partial charge in [0.1, 0.15) is 0 Å². The molecule has 0 aliphatic heterocycles. The predicted octanol–water partition coefficient (Wildman–Crippen LogP) is 4.06. The molecule has 2 aromatic rings. The van der Waals surface area contributed by atoms with E-state index in [9.17, 15) is 4.79 Å². The summed E-state index contributed by atoms with van der Waals surface area (Å²) in [5.74, 6) is -0.126. The third kappa shape index (κ3) is 3.02. The van der Waals surface area contributed by atoms with E-state index in [-0.39, 0.29) is 5.91 Å². The number of benzene rings is 2. The molecule has 4 heteroatoms. The zero-order chi connectivity index (χ0) is 14.8. The molecule has 0 heterocycles. The molecule has 106 valence electrons. The summed E-state index contributed by atoms with van der Waals surface area (Å²) in [5, 5.41) is 5.13. The van der Waals surface area contributed by atoms with Gasteiger partial charge >= 0.3 is 0 Å². The van der Waals surface area contributed by atoms with Gasteiger partial charge in [0, 0.05) is 10.2 Å². The van der Waals surface area contributed by atoms with Crippen molar-refractivity contribution >= 4 is 38.3 Å². The molecule has 3 N–H and O–H groups in total. The molecule has 0 aliphatic rings. The number of carbonyl (C=O) groups is 1. The number of nitrogens with two attached hydrogens (primary N) is 1. The van der Waals surface area contributed by atoms with Gasteiger partial charge in [0.05, 0.1) is 5.54 Å². The van der Waals surface area contributed by atoms with Crippen molar-refractivity contribution in [3.8, 4) is 0 Å². The van der Waals surface area contributed by atoms with Crippen LogP contribution in [0.2, 0.25) is 0 Å². The molecule has 0 radical (unpaired) electrons. The summed E-state index contributed by atoms with van der Waals surface area (Å²) in [7, 11) is 0. The van der Waals surface area contributed by atoms with Crippen molar-refractivity contribution in [3.63, 3.8) is 0 Å². The fourth-order valence-electron chi connectivity index (χ4n) is 2.12. The Bertz CT molecular complexity index is 635. The summed E-state index contributed by atoms with van der Waals surface area (Å²) in [4.78, 5) is 12.2. The van der Waals surface area contributed by atoms with Crippen LogP contribution in [0.15, 0.2) is 40.9 Å². The van der Waals surface area contributed by atoms with Crippen molar-refractivity contribution in [1.29, 1.82) is 0 Å². The minimum absolute atomic E-state index is 0.126. The number of nitrogens with one attached hydrogen (secondary N) is 1. The number of rotatable bonds is 4. The van der Waals surface area contributed by atoms with Gasteiger partial charge < -0.3 is 11.1 Å². The molecular formula is C16H19BrN2O. The van der Waals surface area contributed by atoms with Crippen molar-refractivity contribution in [2.45, 2.75) is 32.2 Å². The maximum atomic E-state index is 12.2. The van der Waals surface area contributed by atoms with Gasteiger partial charge in [0.25, 0.3) is 0 Å². The van der Waals surface area contributed by atoms with Crippen LogP contribution in [0, 0.1) is 0 Å². The Labute approximate surface area is 127 Å². The van der Waals surface area contributed by atoms with Crippen LogP contribution in [0.1, 0.15) is 26.7 Å². The Morgan fingerprint density at radius 2 is 1.75 bits per heavy atom. The topological polar surface area (TPSA) is 55.1 Å². The van der Waals surface area contributed by atoms with E-state index < -0.39 is 5.54 Å². The van der Waals surface area contributed by atoms with E-state index in [1.165, 1.54) is 0 Å². The monoisotopic (exact) mass is 334 g/mol. The molecule has 0 bridgehead atoms. The van der Waals surface area contributed by atoms with Gasteiger partial charge in [-0.05, 0) is 47.9 Å². The highest BCUT2D eigenvalue weighted by atomic mass is 79.9. The summed E-state index contributed by atoms with van der Waals surface area (Å²) in [6, 6.07) is 11.9. The molecule has 0 saturated heterocycles. The van der Waals surface area contributed by atoms with Crippen molar-refractivity contribution < 1.29 is 4.79 Å². The molecule has 2 aromatic carbocycles. The third-order valence-corrected chi connectivity index (χ3v) is 4.27. The molecule has 0 aliphatic carbocycles. The van der Waals surface area contributed by atoms with E-state index >= 15 is 0 Å². The zero-order valence-electron chi connectivity index (χ0n) is 11.7. The van der Waals surface area contributed by atoms with Crippen LogP contribution in [0.3, 0.4) is 0 Å². The first-order chi connectivity index (χ1) is 9.48. The molecule has 20 heavy (non-hydrogen) atoms. The molecule has 0 aromatic heterocycles. The Kier molecular flexibility index (Phi) is 4.45. The van der Waals surface area contributed by atoms with Crippen molar-refractivity contribution in [1.82, 2.24) is 0 Å². The Morgan fingerprint density at radius 1 is 1.15 bits per heavy atom. The summed E-state index contributed by atoms with van der Waals surface area (Å²) in [6.45, 7) is 3.86. The quantitative estimate of drug-likeness (QED) is 0.885. The number of carbonyl (C=O) groups excluding carboxylic acids is 1. The van der Waals surface area contributed by atoms with Gasteiger partial charge in [0.15, 0.2) is 0 Å². The van der Waals surface area contributed by atoms with Gasteiger partial charge in [0.2, 0.25) is 5.91 Å². The molecule has 0 unspecified atom stereocenters. The number of fused-ring (bicyclic) bond motifs is 1.